The molecule has 0 unspecified atom stereocenters. The molecule has 4 rings (SSSR count). The van der Waals surface area contributed by atoms with E-state index < -0.39 is 73.5 Å². The third kappa shape index (κ3) is 8.16. The Hall–Kier alpha value is -5.71. The fraction of sp³-hybridized carbons (Fsp3) is 0.226. The molecule has 2 heterocycles. The number of anilines is 1. The molecule has 14 nitrogen and oxygen atoms in total. The monoisotopic (exact) mass is 684 g/mol. The van der Waals surface area contributed by atoms with Gasteiger partial charge in [-0.2, -0.15) is 0 Å². The summed E-state index contributed by atoms with van der Waals surface area (Å²) < 4.78 is 59.5. The van der Waals surface area contributed by atoms with Crippen LogP contribution < -0.4 is 26.6 Å². The van der Waals surface area contributed by atoms with Crippen molar-refractivity contribution in [3.05, 3.63) is 116 Å². The molecule has 48 heavy (non-hydrogen) atoms. The number of sulfonamides is 1. The number of benzene rings is 2. The van der Waals surface area contributed by atoms with Crippen molar-refractivity contribution in [2.45, 2.75) is 43.7 Å². The highest BCUT2D eigenvalue weighted by Gasteiger charge is 2.26. The van der Waals surface area contributed by atoms with Crippen molar-refractivity contribution in [3.63, 3.8) is 0 Å². The van der Waals surface area contributed by atoms with Crippen LogP contribution in [0.15, 0.2) is 81.5 Å². The number of nitrogens with zero attached hydrogens (tertiary/aromatic N) is 3. The molecule has 17 heteroatoms. The normalized spacial score (nSPS) is 12.2. The van der Waals surface area contributed by atoms with E-state index in [-0.39, 0.29) is 28.3 Å². The number of hydrogen-bond acceptors (Lipinski definition) is 8. The average molecular weight is 685 g/mol. The lowest BCUT2D eigenvalue weighted by Crippen LogP contribution is -2.42. The fourth-order valence-corrected chi connectivity index (χ4v) is 5.38. The van der Waals surface area contributed by atoms with Crippen molar-refractivity contribution in [1.29, 1.82) is 0 Å². The Labute approximate surface area is 272 Å². The first-order chi connectivity index (χ1) is 22.4. The van der Waals surface area contributed by atoms with Crippen molar-refractivity contribution < 1.29 is 36.7 Å². The molecular weight excluding hydrogens is 654 g/mol. The number of aryl methyl sites for hydroxylation is 1. The predicted octanol–water partition coefficient (Wildman–Crippen LogP) is 1.96. The summed E-state index contributed by atoms with van der Waals surface area (Å²) in [6.45, 7) is 5.30. The zero-order valence-electron chi connectivity index (χ0n) is 25.9. The van der Waals surface area contributed by atoms with Crippen LogP contribution >= 0.6 is 0 Å². The van der Waals surface area contributed by atoms with Crippen molar-refractivity contribution in [1.82, 2.24) is 24.8 Å². The van der Waals surface area contributed by atoms with Gasteiger partial charge in [0.25, 0.3) is 27.4 Å². The van der Waals surface area contributed by atoms with Crippen LogP contribution in [0, 0.1) is 11.6 Å². The van der Waals surface area contributed by atoms with E-state index in [0.29, 0.717) is 12.1 Å². The van der Waals surface area contributed by atoms with E-state index >= 15 is 0 Å². The Morgan fingerprint density at radius 2 is 1.62 bits per heavy atom. The third-order valence-electron chi connectivity index (χ3n) is 6.70. The molecule has 0 radical (unpaired) electrons. The predicted molar refractivity (Wildman–Crippen MR) is 168 cm³/mol. The minimum Gasteiger partial charge on any atom is -0.480 e. The summed E-state index contributed by atoms with van der Waals surface area (Å²) in [6, 6.07) is 7.73. The molecule has 2 aromatic heterocycles. The van der Waals surface area contributed by atoms with E-state index in [1.165, 1.54) is 43.7 Å². The smallest absolute Gasteiger partial charge is 0.336 e. The van der Waals surface area contributed by atoms with Crippen molar-refractivity contribution >= 4 is 33.5 Å². The van der Waals surface area contributed by atoms with Gasteiger partial charge in [-0.15, -0.1) is 0 Å². The second kappa shape index (κ2) is 13.6. The molecule has 0 saturated heterocycles. The lowest BCUT2D eigenvalue weighted by molar-refractivity contribution is -0.139. The van der Waals surface area contributed by atoms with Gasteiger partial charge in [0.1, 0.15) is 23.5 Å². The van der Waals surface area contributed by atoms with Gasteiger partial charge in [0.2, 0.25) is 0 Å². The minimum absolute atomic E-state index is 0.0327. The number of hydrogen-bond donors (Lipinski definition) is 4. The van der Waals surface area contributed by atoms with E-state index in [2.05, 4.69) is 15.6 Å². The maximum Gasteiger partial charge on any atom is 0.336 e. The summed E-state index contributed by atoms with van der Waals surface area (Å²) in [4.78, 5) is 65.2. The molecule has 1 atom stereocenters. The molecule has 4 aromatic rings. The molecule has 2 amide bonds. The number of carboxylic acids is 1. The highest BCUT2D eigenvalue weighted by molar-refractivity contribution is 7.92. The van der Waals surface area contributed by atoms with Gasteiger partial charge in [0.15, 0.2) is 0 Å². The molecule has 0 saturated carbocycles. The van der Waals surface area contributed by atoms with E-state index in [1.807, 2.05) is 4.72 Å². The van der Waals surface area contributed by atoms with Gasteiger partial charge in [-0.3, -0.25) is 19.1 Å². The topological polar surface area (TPSA) is 199 Å². The Morgan fingerprint density at radius 1 is 0.958 bits per heavy atom. The maximum atomic E-state index is 15.0. The summed E-state index contributed by atoms with van der Waals surface area (Å²) in [5.41, 5.74) is -3.15. The number of pyridine rings is 1. The number of aromatic nitrogens is 3. The number of halogens is 2. The molecular formula is C31H30F2N6O8S. The molecule has 0 spiro atoms. The van der Waals surface area contributed by atoms with Crippen LogP contribution in [0.4, 0.5) is 14.5 Å². The second-order valence-electron chi connectivity index (χ2n) is 11.6. The summed E-state index contributed by atoms with van der Waals surface area (Å²) in [5.74, 6) is -6.00. The number of carbonyl (C=O) groups is 3. The minimum atomic E-state index is -4.47. The number of rotatable bonds is 10. The summed E-state index contributed by atoms with van der Waals surface area (Å²) in [6.07, 6.45) is 2.11. The Balaban J connectivity index is 1.48. The van der Waals surface area contributed by atoms with Crippen LogP contribution in [0.25, 0.3) is 5.82 Å². The van der Waals surface area contributed by atoms with E-state index in [0.717, 1.165) is 27.3 Å². The molecule has 4 N–H and O–H groups in total. The number of aliphatic carboxylic acids is 1. The fourth-order valence-electron chi connectivity index (χ4n) is 4.32. The van der Waals surface area contributed by atoms with Crippen LogP contribution in [-0.4, -0.2) is 57.0 Å². The first-order valence-electron chi connectivity index (χ1n) is 14.1. The zero-order chi connectivity index (χ0) is 35.6. The highest BCUT2D eigenvalue weighted by atomic mass is 32.2. The quantitative estimate of drug-likeness (QED) is 0.193. The molecule has 0 aliphatic carbocycles. The summed E-state index contributed by atoms with van der Waals surface area (Å²) in [7, 11) is -3.03. The average Bonchev–Trinajstić information content (AvgIpc) is 3.00. The number of amides is 2. The van der Waals surface area contributed by atoms with Crippen molar-refractivity contribution in [2.24, 2.45) is 7.05 Å². The standard InChI is InChI=1S/C31H30F2N6O8S/c1-31(2,3)36-27(41)18-6-8-19(9-7-18)48(46,47)37-23-15-21(32)20(14-22(23)33)28(42)35-24(29(43)44)13-17-5-10-25(34-16-17)39-26(40)11-12-38(4)30(39)45/h5-12,14-16,24,37H,13H2,1-4H3,(H,35,42)(H,36,41)(H,43,44)/t24-/m0/s1. The lowest BCUT2D eigenvalue weighted by Gasteiger charge is -2.20. The van der Waals surface area contributed by atoms with Crippen LogP contribution in [0.2, 0.25) is 0 Å². The van der Waals surface area contributed by atoms with Crippen LogP contribution in [-0.2, 0) is 28.3 Å². The Kier molecular flexibility index (Phi) is 9.93. The Morgan fingerprint density at radius 3 is 2.21 bits per heavy atom. The van der Waals surface area contributed by atoms with E-state index in [9.17, 15) is 46.3 Å². The number of nitrogens with one attached hydrogen (secondary N) is 3. The molecule has 0 aliphatic heterocycles. The SMILES string of the molecule is Cn1ccc(=O)n(-c2ccc(C[C@H](NC(=O)c3cc(F)c(NS(=O)(=O)c4ccc(C(=O)NC(C)(C)C)cc4)cc3F)C(=O)O)cn2)c1=O. The zero-order valence-corrected chi connectivity index (χ0v) is 26.8. The molecule has 0 bridgehead atoms. The molecule has 0 aliphatic rings. The van der Waals surface area contributed by atoms with Crippen molar-refractivity contribution in [3.8, 4) is 5.82 Å². The van der Waals surface area contributed by atoms with Gasteiger partial charge in [0, 0.05) is 49.1 Å². The lowest BCUT2D eigenvalue weighted by atomic mass is 10.1. The van der Waals surface area contributed by atoms with Gasteiger partial charge >= 0.3 is 11.7 Å². The first-order valence-corrected chi connectivity index (χ1v) is 15.6. The number of carboxylic acid groups (broad SMARTS) is 1. The summed E-state index contributed by atoms with van der Waals surface area (Å²) >= 11 is 0. The van der Waals surface area contributed by atoms with Gasteiger partial charge in [-0.25, -0.2) is 36.3 Å². The number of carbonyl (C=O) groups excluding carboxylic acids is 2. The van der Waals surface area contributed by atoms with Gasteiger partial charge in [-0.05, 0) is 62.7 Å². The third-order valence-corrected chi connectivity index (χ3v) is 8.08. The van der Waals surface area contributed by atoms with Crippen LogP contribution in [0.1, 0.15) is 47.1 Å². The highest BCUT2D eigenvalue weighted by Crippen LogP contribution is 2.23. The van der Waals surface area contributed by atoms with E-state index in [1.54, 1.807) is 20.8 Å². The molecule has 0 fully saturated rings. The van der Waals surface area contributed by atoms with Gasteiger partial charge in [-0.1, -0.05) is 6.07 Å². The first kappa shape index (κ1) is 35.1. The largest absolute Gasteiger partial charge is 0.480 e. The molecule has 2 aromatic carbocycles. The van der Waals surface area contributed by atoms with Gasteiger partial charge < -0.3 is 20.3 Å². The Bertz CT molecular complexity index is 2120. The van der Waals surface area contributed by atoms with Crippen molar-refractivity contribution in [2.75, 3.05) is 4.72 Å². The second-order valence-corrected chi connectivity index (χ2v) is 13.3. The van der Waals surface area contributed by atoms with Gasteiger partial charge in [0.05, 0.1) is 16.1 Å². The maximum absolute atomic E-state index is 15.0. The molecule has 252 valence electrons. The van der Waals surface area contributed by atoms with Crippen LogP contribution in [0.5, 0.6) is 0 Å². The van der Waals surface area contributed by atoms with Crippen LogP contribution in [0.3, 0.4) is 0 Å². The van der Waals surface area contributed by atoms with E-state index in [4.69, 9.17) is 0 Å². The summed E-state index contributed by atoms with van der Waals surface area (Å²) in [5, 5.41) is 14.5.